The number of Topliss-reactive ketones (excluding diaryl/α,β-unsaturated/α-hetero) is 1. The summed E-state index contributed by atoms with van der Waals surface area (Å²) in [5.74, 6) is -2.41. The van der Waals surface area contributed by atoms with Gasteiger partial charge in [0.1, 0.15) is 11.5 Å². The number of likely N-dealkylation sites (tertiary alicyclic amines) is 1. The second-order valence-electron chi connectivity index (χ2n) is 8.05. The number of aromatic amines is 1. The molecule has 10 nitrogen and oxygen atoms in total. The van der Waals surface area contributed by atoms with E-state index in [1.807, 2.05) is 10.8 Å². The summed E-state index contributed by atoms with van der Waals surface area (Å²) in [4.78, 5) is 50.9. The number of pyridine rings is 1. The van der Waals surface area contributed by atoms with Gasteiger partial charge in [0.2, 0.25) is 0 Å². The van der Waals surface area contributed by atoms with Crippen LogP contribution < -0.4 is 0 Å². The van der Waals surface area contributed by atoms with Crippen LogP contribution >= 0.6 is 0 Å². The Kier molecular flexibility index (Phi) is 6.31. The van der Waals surface area contributed by atoms with Crippen LogP contribution in [0.3, 0.4) is 0 Å². The van der Waals surface area contributed by atoms with Crippen LogP contribution in [0.1, 0.15) is 45.3 Å². The number of ketones is 1. The number of aromatic nitrogens is 4. The van der Waals surface area contributed by atoms with Crippen molar-refractivity contribution >= 4 is 23.4 Å². The van der Waals surface area contributed by atoms with Crippen LogP contribution in [0.2, 0.25) is 0 Å². The number of methoxy groups -OCH3 is 1. The molecule has 0 spiro atoms. The summed E-state index contributed by atoms with van der Waals surface area (Å²) in [6.45, 7) is 4.22. The van der Waals surface area contributed by atoms with Crippen molar-refractivity contribution in [3.8, 4) is 0 Å². The maximum atomic E-state index is 13.2. The summed E-state index contributed by atoms with van der Waals surface area (Å²) in [6.07, 6.45) is 8.92. The number of hydrogen-bond donors (Lipinski definition) is 2. The highest BCUT2D eigenvalue weighted by Crippen LogP contribution is 2.40. The fraction of sp³-hybridized carbons (Fsp3) is 0.292. The van der Waals surface area contributed by atoms with Crippen molar-refractivity contribution in [2.24, 2.45) is 0 Å². The van der Waals surface area contributed by atoms with E-state index < -0.39 is 23.7 Å². The lowest BCUT2D eigenvalue weighted by molar-refractivity contribution is -0.139. The smallest absolute Gasteiger partial charge is 0.354 e. The number of H-pyrrole nitrogens is 1. The molecule has 0 saturated carbocycles. The normalized spacial score (nSPS) is 17.4. The van der Waals surface area contributed by atoms with Gasteiger partial charge in [-0.25, -0.2) is 9.78 Å². The number of nitrogens with one attached hydrogen (secondary N) is 1. The largest absolute Gasteiger partial charge is 0.507 e. The molecular weight excluding hydrogens is 438 g/mol. The van der Waals surface area contributed by atoms with Crippen molar-refractivity contribution in [3.63, 3.8) is 0 Å². The van der Waals surface area contributed by atoms with Gasteiger partial charge in [0.15, 0.2) is 0 Å². The van der Waals surface area contributed by atoms with E-state index in [1.165, 1.54) is 12.0 Å². The fourth-order valence-electron chi connectivity index (χ4n) is 4.38. The van der Waals surface area contributed by atoms with Gasteiger partial charge in [-0.1, -0.05) is 6.07 Å². The molecule has 3 aromatic heterocycles. The van der Waals surface area contributed by atoms with Crippen LogP contribution in [0.5, 0.6) is 0 Å². The average Bonchev–Trinajstić information content (AvgIpc) is 3.52. The third kappa shape index (κ3) is 3.98. The number of nitrogens with zero attached hydrogens (tertiary/aromatic N) is 4. The Labute approximate surface area is 195 Å². The van der Waals surface area contributed by atoms with Crippen LogP contribution in [0, 0.1) is 13.8 Å². The minimum absolute atomic E-state index is 0.0396. The van der Waals surface area contributed by atoms with Gasteiger partial charge >= 0.3 is 5.97 Å². The first-order valence-corrected chi connectivity index (χ1v) is 10.8. The summed E-state index contributed by atoms with van der Waals surface area (Å²) in [5.41, 5.74) is 1.94. The Morgan fingerprint density at radius 1 is 1.21 bits per heavy atom. The monoisotopic (exact) mass is 463 g/mol. The number of carbonyl (C=O) groups excluding carboxylic acids is 3. The number of ether oxygens (including phenoxy) is 1. The lowest BCUT2D eigenvalue weighted by atomic mass is 9.95. The first-order valence-electron chi connectivity index (χ1n) is 10.8. The van der Waals surface area contributed by atoms with Crippen LogP contribution in [0.4, 0.5) is 0 Å². The molecule has 34 heavy (non-hydrogen) atoms. The number of amides is 1. The van der Waals surface area contributed by atoms with Crippen molar-refractivity contribution in [1.29, 1.82) is 0 Å². The SMILES string of the molecule is COC(=O)c1[nH]c(C)c(C(O)=C2C(=O)C(=O)N(CCCn3ccnc3)C2c2cccnc2)c1C. The molecular formula is C24H25N5O5. The molecule has 1 atom stereocenters. The van der Waals surface area contributed by atoms with Crippen molar-refractivity contribution in [2.45, 2.75) is 32.9 Å². The Bertz CT molecular complexity index is 1260. The number of carbonyl (C=O) groups is 3. The van der Waals surface area contributed by atoms with Crippen LogP contribution in [-0.4, -0.2) is 60.8 Å². The third-order valence-corrected chi connectivity index (χ3v) is 5.98. The molecule has 2 N–H and O–H groups in total. The third-order valence-electron chi connectivity index (χ3n) is 5.98. The van der Waals surface area contributed by atoms with E-state index in [9.17, 15) is 19.5 Å². The van der Waals surface area contributed by atoms with E-state index in [0.29, 0.717) is 35.3 Å². The van der Waals surface area contributed by atoms with E-state index >= 15 is 0 Å². The molecule has 1 aliphatic heterocycles. The summed E-state index contributed by atoms with van der Waals surface area (Å²) in [7, 11) is 1.26. The van der Waals surface area contributed by atoms with Crippen molar-refractivity contribution < 1.29 is 24.2 Å². The molecule has 1 amide bonds. The molecule has 10 heteroatoms. The number of rotatable bonds is 7. The van der Waals surface area contributed by atoms with E-state index in [-0.39, 0.29) is 23.6 Å². The van der Waals surface area contributed by atoms with Gasteiger partial charge in [-0.3, -0.25) is 14.6 Å². The number of aryl methyl sites for hydroxylation is 2. The maximum absolute atomic E-state index is 13.2. The second kappa shape index (κ2) is 9.34. The standard InChI is InChI=1S/C24H25N5O5/c1-14-17(15(2)27-19(14)24(33)34-3)21(30)18-20(16-6-4-7-25-12-16)29(23(32)22(18)31)10-5-9-28-11-8-26-13-28/h4,6-8,11-13,20,27,30H,5,9-10H2,1-3H3. The highest BCUT2D eigenvalue weighted by Gasteiger charge is 2.46. The molecule has 0 aliphatic carbocycles. The molecule has 1 aliphatic rings. The predicted molar refractivity (Wildman–Crippen MR) is 122 cm³/mol. The van der Waals surface area contributed by atoms with Crippen molar-refractivity contribution in [1.82, 2.24) is 24.4 Å². The van der Waals surface area contributed by atoms with Crippen molar-refractivity contribution in [2.75, 3.05) is 13.7 Å². The molecule has 4 rings (SSSR count). The highest BCUT2D eigenvalue weighted by molar-refractivity contribution is 6.46. The zero-order valence-electron chi connectivity index (χ0n) is 19.1. The molecule has 3 aromatic rings. The fourth-order valence-corrected chi connectivity index (χ4v) is 4.38. The van der Waals surface area contributed by atoms with Gasteiger partial charge in [0.25, 0.3) is 11.7 Å². The lowest BCUT2D eigenvalue weighted by Gasteiger charge is -2.25. The zero-order valence-corrected chi connectivity index (χ0v) is 19.1. The molecule has 0 radical (unpaired) electrons. The number of hydrogen-bond acceptors (Lipinski definition) is 7. The van der Waals surface area contributed by atoms with Crippen LogP contribution in [0.15, 0.2) is 48.8 Å². The molecule has 0 bridgehead atoms. The Balaban J connectivity index is 1.78. The van der Waals surface area contributed by atoms with Gasteiger partial charge in [-0.2, -0.15) is 0 Å². The van der Waals surface area contributed by atoms with Gasteiger partial charge in [-0.15, -0.1) is 0 Å². The minimum atomic E-state index is -0.813. The summed E-state index contributed by atoms with van der Waals surface area (Å²) < 4.78 is 6.68. The van der Waals surface area contributed by atoms with Crippen LogP contribution in [-0.2, 0) is 20.9 Å². The molecule has 4 heterocycles. The second-order valence-corrected chi connectivity index (χ2v) is 8.05. The topological polar surface area (TPSA) is 130 Å². The number of aliphatic hydroxyl groups excluding tert-OH is 1. The number of esters is 1. The summed E-state index contributed by atoms with van der Waals surface area (Å²) in [5, 5.41) is 11.3. The van der Waals surface area contributed by atoms with E-state index in [1.54, 1.807) is 50.9 Å². The summed E-state index contributed by atoms with van der Waals surface area (Å²) in [6, 6.07) is 2.66. The predicted octanol–water partition coefficient (Wildman–Crippen LogP) is 2.52. The molecule has 0 aromatic carbocycles. The average molecular weight is 463 g/mol. The lowest BCUT2D eigenvalue weighted by Crippen LogP contribution is -2.31. The highest BCUT2D eigenvalue weighted by atomic mass is 16.5. The molecule has 1 unspecified atom stereocenters. The molecule has 176 valence electrons. The number of aliphatic hydroxyl groups is 1. The van der Waals surface area contributed by atoms with E-state index in [4.69, 9.17) is 4.74 Å². The number of imidazole rings is 1. The maximum Gasteiger partial charge on any atom is 0.354 e. The quantitative estimate of drug-likeness (QED) is 0.238. The van der Waals surface area contributed by atoms with Crippen molar-refractivity contribution in [3.05, 3.63) is 76.9 Å². The van der Waals surface area contributed by atoms with Crippen LogP contribution in [0.25, 0.3) is 5.76 Å². The van der Waals surface area contributed by atoms with Gasteiger partial charge in [-0.05, 0) is 37.5 Å². The molecule has 1 fully saturated rings. The Hall–Kier alpha value is -4.21. The Morgan fingerprint density at radius 2 is 2.00 bits per heavy atom. The van der Waals surface area contributed by atoms with Gasteiger partial charge < -0.3 is 24.3 Å². The molecule has 1 saturated heterocycles. The minimum Gasteiger partial charge on any atom is -0.507 e. The summed E-state index contributed by atoms with van der Waals surface area (Å²) >= 11 is 0. The van der Waals surface area contributed by atoms with Gasteiger partial charge in [0, 0.05) is 49.1 Å². The van der Waals surface area contributed by atoms with Gasteiger partial charge in [0.05, 0.1) is 25.1 Å². The first kappa shape index (κ1) is 23.0. The Morgan fingerprint density at radius 3 is 2.65 bits per heavy atom. The first-order chi connectivity index (χ1) is 16.3. The zero-order chi connectivity index (χ0) is 24.4. The van der Waals surface area contributed by atoms with E-state index in [0.717, 1.165) is 0 Å². The van der Waals surface area contributed by atoms with E-state index in [2.05, 4.69) is 15.0 Å².